The molecule has 0 atom stereocenters. The maximum Gasteiger partial charge on any atom is 0.205 e. The highest BCUT2D eigenvalue weighted by atomic mass is 16.5. The van der Waals surface area contributed by atoms with Crippen molar-refractivity contribution < 1.29 is 9.47 Å². The number of hydrogen-bond acceptors (Lipinski definition) is 5. The first-order chi connectivity index (χ1) is 10.1. The highest BCUT2D eigenvalue weighted by Crippen LogP contribution is 2.22. The first-order valence-corrected chi connectivity index (χ1v) is 6.58. The lowest BCUT2D eigenvalue weighted by molar-refractivity contribution is 0.327. The fraction of sp³-hybridized carbons (Fsp3) is 0.267. The summed E-state index contributed by atoms with van der Waals surface area (Å²) in [6.45, 7) is 4.23. The van der Waals surface area contributed by atoms with Crippen molar-refractivity contribution >= 4 is 12.0 Å². The fourth-order valence-electron chi connectivity index (χ4n) is 1.80. The van der Waals surface area contributed by atoms with Crippen LogP contribution in [0, 0.1) is 12.3 Å². The predicted octanol–water partition coefficient (Wildman–Crippen LogP) is 2.61. The van der Waals surface area contributed by atoms with Crippen molar-refractivity contribution in [3.05, 3.63) is 42.1 Å². The molecule has 1 N–H and O–H groups in total. The smallest absolute Gasteiger partial charge is 0.205 e. The second-order valence-electron chi connectivity index (χ2n) is 4.35. The maximum atomic E-state index is 7.54. The first kappa shape index (κ1) is 14.8. The maximum absolute atomic E-state index is 7.54. The van der Waals surface area contributed by atoms with E-state index in [2.05, 4.69) is 9.97 Å². The van der Waals surface area contributed by atoms with Crippen LogP contribution in [0.1, 0.15) is 18.2 Å². The first-order valence-electron chi connectivity index (χ1n) is 6.58. The van der Waals surface area contributed by atoms with Gasteiger partial charge in [-0.15, -0.1) is 0 Å². The summed E-state index contributed by atoms with van der Waals surface area (Å²) < 4.78 is 12.2. The molecular formula is C15H18N4O2. The topological polar surface area (TPSA) is 73.0 Å². The van der Waals surface area contributed by atoms with E-state index in [1.165, 1.54) is 0 Å². The molecule has 0 amide bonds. The number of aryl methyl sites for hydroxylation is 1. The second-order valence-corrected chi connectivity index (χ2v) is 4.35. The molecule has 0 aliphatic carbocycles. The molecule has 0 spiro atoms. The number of rotatable bonds is 5. The zero-order chi connectivity index (χ0) is 15.2. The Morgan fingerprint density at radius 3 is 2.86 bits per heavy atom. The van der Waals surface area contributed by atoms with Crippen LogP contribution in [0.5, 0.6) is 5.75 Å². The van der Waals surface area contributed by atoms with Gasteiger partial charge in [-0.1, -0.05) is 0 Å². The molecule has 6 nitrogen and oxygen atoms in total. The van der Waals surface area contributed by atoms with Crippen LogP contribution in [0.25, 0.3) is 11.9 Å². The summed E-state index contributed by atoms with van der Waals surface area (Å²) in [6.07, 6.45) is 8.63. The van der Waals surface area contributed by atoms with Crippen molar-refractivity contribution in [2.45, 2.75) is 13.8 Å². The number of nitrogens with one attached hydrogen (secondary N) is 1. The molecule has 21 heavy (non-hydrogen) atoms. The molecule has 0 aliphatic rings. The number of nitrogens with zero attached hydrogens (tertiary/aromatic N) is 3. The number of hydrogen-bond donors (Lipinski definition) is 1. The average molecular weight is 286 g/mol. The molecule has 0 fully saturated rings. The van der Waals surface area contributed by atoms with Gasteiger partial charge in [-0.3, -0.25) is 9.98 Å². The molecule has 2 aromatic rings. The van der Waals surface area contributed by atoms with Crippen LogP contribution in [-0.4, -0.2) is 34.1 Å². The summed E-state index contributed by atoms with van der Waals surface area (Å²) >= 11 is 0. The van der Waals surface area contributed by atoms with Crippen molar-refractivity contribution in [3.8, 4) is 11.6 Å². The number of aromatic nitrogens is 3. The summed E-state index contributed by atoms with van der Waals surface area (Å²) in [5, 5.41) is 7.54. The monoisotopic (exact) mass is 286 g/mol. The Labute approximate surface area is 123 Å². The number of ether oxygens (including phenoxy) is 2. The van der Waals surface area contributed by atoms with E-state index in [-0.39, 0.29) is 5.90 Å². The molecular weight excluding hydrogens is 268 g/mol. The minimum absolute atomic E-state index is 0.116. The van der Waals surface area contributed by atoms with Gasteiger partial charge in [0.25, 0.3) is 0 Å². The van der Waals surface area contributed by atoms with E-state index >= 15 is 0 Å². The van der Waals surface area contributed by atoms with Gasteiger partial charge in [0.1, 0.15) is 6.33 Å². The zero-order valence-electron chi connectivity index (χ0n) is 12.3. The van der Waals surface area contributed by atoms with Crippen molar-refractivity contribution in [1.82, 2.24) is 14.5 Å². The lowest BCUT2D eigenvalue weighted by Crippen LogP contribution is -2.00. The van der Waals surface area contributed by atoms with E-state index < -0.39 is 0 Å². The third-order valence-corrected chi connectivity index (χ3v) is 2.76. The highest BCUT2D eigenvalue weighted by molar-refractivity contribution is 5.89. The quantitative estimate of drug-likeness (QED) is 0.677. The van der Waals surface area contributed by atoms with Gasteiger partial charge in [0.15, 0.2) is 11.6 Å². The standard InChI is InChI=1S/C15H18N4O2/c1-4-21-14(16)6-5-12-7-13(20-3)15(17-8-12)19-9-11(2)18-10-19/h5-10,16H,4H2,1-3H3/b6-5+,16-14?. The molecule has 2 aromatic heterocycles. The van der Waals surface area contributed by atoms with Crippen molar-refractivity contribution in [2.24, 2.45) is 0 Å². The summed E-state index contributed by atoms with van der Waals surface area (Å²) in [4.78, 5) is 8.57. The van der Waals surface area contributed by atoms with E-state index in [0.29, 0.717) is 18.2 Å². The molecule has 6 heteroatoms. The van der Waals surface area contributed by atoms with Crippen LogP contribution in [0.4, 0.5) is 0 Å². The Bertz CT molecular complexity index is 661. The molecule has 0 radical (unpaired) electrons. The normalized spacial score (nSPS) is 10.8. The van der Waals surface area contributed by atoms with Gasteiger partial charge in [0.05, 0.1) is 19.4 Å². The van der Waals surface area contributed by atoms with E-state index in [0.717, 1.165) is 11.3 Å². The summed E-state index contributed by atoms with van der Waals surface area (Å²) in [5.41, 5.74) is 1.74. The number of methoxy groups -OCH3 is 1. The van der Waals surface area contributed by atoms with E-state index in [4.69, 9.17) is 14.9 Å². The van der Waals surface area contributed by atoms with Crippen molar-refractivity contribution in [3.63, 3.8) is 0 Å². The minimum atomic E-state index is 0.116. The highest BCUT2D eigenvalue weighted by Gasteiger charge is 2.08. The molecule has 2 heterocycles. The molecule has 0 unspecified atom stereocenters. The molecule has 2 rings (SSSR count). The molecule has 110 valence electrons. The van der Waals surface area contributed by atoms with Crippen LogP contribution in [0.2, 0.25) is 0 Å². The fourth-order valence-corrected chi connectivity index (χ4v) is 1.80. The Hall–Kier alpha value is -2.63. The molecule has 0 saturated carbocycles. The van der Waals surface area contributed by atoms with Crippen LogP contribution >= 0.6 is 0 Å². The largest absolute Gasteiger partial charge is 0.493 e. The lowest BCUT2D eigenvalue weighted by Gasteiger charge is -2.08. The Kier molecular flexibility index (Phi) is 4.71. The van der Waals surface area contributed by atoms with Crippen LogP contribution in [0.15, 0.2) is 30.9 Å². The number of pyridine rings is 1. The van der Waals surface area contributed by atoms with Gasteiger partial charge >= 0.3 is 0 Å². The Balaban J connectivity index is 2.26. The summed E-state index contributed by atoms with van der Waals surface area (Å²) in [7, 11) is 1.60. The average Bonchev–Trinajstić information content (AvgIpc) is 2.91. The van der Waals surface area contributed by atoms with Gasteiger partial charge in [0, 0.05) is 18.5 Å². The summed E-state index contributed by atoms with van der Waals surface area (Å²) in [6, 6.07) is 1.85. The predicted molar refractivity (Wildman–Crippen MR) is 81.0 cm³/mol. The van der Waals surface area contributed by atoms with Gasteiger partial charge in [-0.25, -0.2) is 9.97 Å². The zero-order valence-corrected chi connectivity index (χ0v) is 12.3. The Morgan fingerprint density at radius 2 is 2.24 bits per heavy atom. The second kappa shape index (κ2) is 6.69. The van der Waals surface area contributed by atoms with Gasteiger partial charge in [0.2, 0.25) is 5.90 Å². The van der Waals surface area contributed by atoms with Crippen LogP contribution in [0.3, 0.4) is 0 Å². The minimum Gasteiger partial charge on any atom is -0.493 e. The number of imidazole rings is 1. The third-order valence-electron chi connectivity index (χ3n) is 2.76. The van der Waals surface area contributed by atoms with E-state index in [1.807, 2.05) is 30.7 Å². The van der Waals surface area contributed by atoms with E-state index in [1.54, 1.807) is 31.8 Å². The van der Waals surface area contributed by atoms with Gasteiger partial charge in [-0.2, -0.15) is 0 Å². The van der Waals surface area contributed by atoms with E-state index in [9.17, 15) is 0 Å². The Morgan fingerprint density at radius 1 is 1.43 bits per heavy atom. The van der Waals surface area contributed by atoms with Gasteiger partial charge < -0.3 is 9.47 Å². The SMILES string of the molecule is CCOC(=N)/C=C/c1cnc(-n2cnc(C)c2)c(OC)c1. The molecule has 0 aromatic carbocycles. The molecule has 0 bridgehead atoms. The third kappa shape index (κ3) is 3.68. The summed E-state index contributed by atoms with van der Waals surface area (Å²) in [5.74, 6) is 1.43. The van der Waals surface area contributed by atoms with Crippen LogP contribution < -0.4 is 4.74 Å². The van der Waals surface area contributed by atoms with Gasteiger partial charge in [-0.05, 0) is 31.6 Å². The van der Waals surface area contributed by atoms with Crippen molar-refractivity contribution in [2.75, 3.05) is 13.7 Å². The molecule has 0 saturated heterocycles. The van der Waals surface area contributed by atoms with Crippen LogP contribution in [-0.2, 0) is 4.74 Å². The molecule has 0 aliphatic heterocycles. The lowest BCUT2D eigenvalue weighted by atomic mass is 10.2. The van der Waals surface area contributed by atoms with Crippen molar-refractivity contribution in [1.29, 1.82) is 5.41 Å².